The maximum absolute atomic E-state index is 11.3. The number of nitrogens with one attached hydrogen (secondary N) is 3. The number of carbonyl (C=O) groups excluding carboxylic acids is 1. The normalized spacial score (nSPS) is 34.6. The van der Waals surface area contributed by atoms with Gasteiger partial charge in [-0.1, -0.05) is 0 Å². The van der Waals surface area contributed by atoms with Gasteiger partial charge in [-0.05, 0) is 6.92 Å². The van der Waals surface area contributed by atoms with Gasteiger partial charge < -0.3 is 16.0 Å². The minimum Gasteiger partial charge on any atom is -0.388 e. The van der Waals surface area contributed by atoms with E-state index >= 15 is 0 Å². The topological polar surface area (TPSA) is 53.2 Å². The molecule has 1 fully saturated rings. The fourth-order valence-electron chi connectivity index (χ4n) is 1.47. The van der Waals surface area contributed by atoms with Crippen molar-refractivity contribution < 1.29 is 4.79 Å². The molecule has 4 heteroatoms. The lowest BCUT2D eigenvalue weighted by Gasteiger charge is -2.27. The molecule has 1 amide bonds. The zero-order chi connectivity index (χ0) is 7.84. The fourth-order valence-corrected chi connectivity index (χ4v) is 1.47. The monoisotopic (exact) mass is 153 g/mol. The summed E-state index contributed by atoms with van der Waals surface area (Å²) in [5.74, 6) is 0.124. The van der Waals surface area contributed by atoms with Gasteiger partial charge in [-0.25, -0.2) is 0 Å². The molecule has 3 N–H and O–H groups in total. The van der Waals surface area contributed by atoms with Gasteiger partial charge in [0.05, 0.1) is 12.1 Å². The Labute approximate surface area is 65.0 Å². The minimum absolute atomic E-state index is 0.00574. The van der Waals surface area contributed by atoms with Crippen LogP contribution in [-0.4, -0.2) is 18.6 Å². The zero-order valence-corrected chi connectivity index (χ0v) is 6.35. The largest absolute Gasteiger partial charge is 0.388 e. The molecule has 4 nitrogen and oxygen atoms in total. The summed E-state index contributed by atoms with van der Waals surface area (Å²) in [6.45, 7) is 2.65. The third-order valence-electron chi connectivity index (χ3n) is 2.01. The quantitative estimate of drug-likeness (QED) is 0.423. The number of carbonyl (C=O) groups is 1. The maximum Gasteiger partial charge on any atom is 0.232 e. The predicted molar refractivity (Wildman–Crippen MR) is 40.3 cm³/mol. The third kappa shape index (κ3) is 0.943. The molecule has 2 aliphatic rings. The van der Waals surface area contributed by atoms with Crippen molar-refractivity contribution in [1.82, 2.24) is 16.0 Å². The van der Waals surface area contributed by atoms with Crippen LogP contribution >= 0.6 is 0 Å². The lowest BCUT2D eigenvalue weighted by Crippen LogP contribution is -2.53. The van der Waals surface area contributed by atoms with Crippen molar-refractivity contribution >= 4 is 5.91 Å². The number of fused-ring (bicyclic) bond motifs is 1. The van der Waals surface area contributed by atoms with Crippen LogP contribution in [0.15, 0.2) is 11.9 Å². The molecule has 0 aromatic heterocycles. The molecule has 0 radical (unpaired) electrons. The fraction of sp³-hybridized carbons (Fsp3) is 0.571. The maximum atomic E-state index is 11.3. The summed E-state index contributed by atoms with van der Waals surface area (Å²) in [7, 11) is 0. The van der Waals surface area contributed by atoms with Gasteiger partial charge in [-0.3, -0.25) is 4.79 Å². The molecule has 2 aliphatic heterocycles. The van der Waals surface area contributed by atoms with Gasteiger partial charge in [0.2, 0.25) is 5.91 Å². The van der Waals surface area contributed by atoms with Crippen LogP contribution in [0.25, 0.3) is 0 Å². The predicted octanol–water partition coefficient (Wildman–Crippen LogP) is -0.887. The van der Waals surface area contributed by atoms with Crippen LogP contribution in [0.2, 0.25) is 0 Å². The van der Waals surface area contributed by atoms with Gasteiger partial charge >= 0.3 is 0 Å². The second-order valence-electron chi connectivity index (χ2n) is 2.94. The summed E-state index contributed by atoms with van der Waals surface area (Å²) in [5.41, 5.74) is 1.02. The summed E-state index contributed by atoms with van der Waals surface area (Å²) in [6, 6.07) is 0. The van der Waals surface area contributed by atoms with E-state index in [9.17, 15) is 4.79 Å². The van der Waals surface area contributed by atoms with Crippen molar-refractivity contribution in [2.75, 3.05) is 6.54 Å². The Morgan fingerprint density at radius 1 is 1.55 bits per heavy atom. The molecule has 2 heterocycles. The summed E-state index contributed by atoms with van der Waals surface area (Å²) >= 11 is 0. The van der Waals surface area contributed by atoms with Gasteiger partial charge in [0.15, 0.2) is 0 Å². The molecular weight excluding hydrogens is 142 g/mol. The highest BCUT2D eigenvalue weighted by atomic mass is 16.2. The van der Waals surface area contributed by atoms with Crippen LogP contribution < -0.4 is 16.0 Å². The Balaban J connectivity index is 2.20. The van der Waals surface area contributed by atoms with Crippen molar-refractivity contribution in [2.45, 2.75) is 13.1 Å². The van der Waals surface area contributed by atoms with E-state index < -0.39 is 0 Å². The summed E-state index contributed by atoms with van der Waals surface area (Å²) in [6.07, 6.45) is 1.93. The average Bonchev–Trinajstić information content (AvgIpc) is 2.34. The van der Waals surface area contributed by atoms with Crippen molar-refractivity contribution in [3.05, 3.63) is 11.9 Å². The molecule has 1 saturated heterocycles. The smallest absolute Gasteiger partial charge is 0.232 e. The number of hydrogen-bond donors (Lipinski definition) is 3. The molecule has 0 aliphatic carbocycles. The molecule has 0 saturated carbocycles. The number of hydrogen-bond acceptors (Lipinski definition) is 3. The Morgan fingerprint density at radius 3 is 3.18 bits per heavy atom. The van der Waals surface area contributed by atoms with E-state index in [1.807, 2.05) is 13.1 Å². The van der Waals surface area contributed by atoms with Gasteiger partial charge in [-0.15, -0.1) is 0 Å². The van der Waals surface area contributed by atoms with Gasteiger partial charge in [0.1, 0.15) is 0 Å². The standard InChI is InChI=1S/C7H11N3O/c1-4-9-6-3-8-2-5(6)7(11)10-4/h3-5,8-9H,2H2,1H3,(H,10,11). The molecule has 2 rings (SSSR count). The second kappa shape index (κ2) is 2.15. The van der Waals surface area contributed by atoms with E-state index in [1.165, 1.54) is 0 Å². The van der Waals surface area contributed by atoms with Crippen molar-refractivity contribution in [3.8, 4) is 0 Å². The first-order valence-electron chi connectivity index (χ1n) is 3.78. The highest BCUT2D eigenvalue weighted by Crippen LogP contribution is 2.16. The van der Waals surface area contributed by atoms with Crippen LogP contribution in [0.4, 0.5) is 0 Å². The Morgan fingerprint density at radius 2 is 2.36 bits per heavy atom. The van der Waals surface area contributed by atoms with E-state index in [-0.39, 0.29) is 18.0 Å². The summed E-state index contributed by atoms with van der Waals surface area (Å²) in [4.78, 5) is 11.3. The Bertz CT molecular complexity index is 224. The molecule has 2 unspecified atom stereocenters. The molecule has 0 aromatic carbocycles. The summed E-state index contributed by atoms with van der Waals surface area (Å²) < 4.78 is 0. The molecule has 0 aromatic rings. The Hall–Kier alpha value is -1.19. The minimum atomic E-state index is 0.00574. The van der Waals surface area contributed by atoms with Crippen molar-refractivity contribution in [1.29, 1.82) is 0 Å². The Kier molecular flexibility index (Phi) is 1.27. The number of rotatable bonds is 0. The van der Waals surface area contributed by atoms with Crippen LogP contribution in [0.1, 0.15) is 6.92 Å². The number of amides is 1. The molecule has 0 spiro atoms. The van der Waals surface area contributed by atoms with Crippen LogP contribution in [0.3, 0.4) is 0 Å². The van der Waals surface area contributed by atoms with Crippen LogP contribution in [0.5, 0.6) is 0 Å². The van der Waals surface area contributed by atoms with Gasteiger partial charge in [0, 0.05) is 18.4 Å². The highest BCUT2D eigenvalue weighted by Gasteiger charge is 2.31. The van der Waals surface area contributed by atoms with E-state index in [0.717, 1.165) is 12.2 Å². The zero-order valence-electron chi connectivity index (χ0n) is 6.35. The van der Waals surface area contributed by atoms with Crippen LogP contribution in [0, 0.1) is 5.92 Å². The molecule has 60 valence electrons. The first-order chi connectivity index (χ1) is 5.27. The van der Waals surface area contributed by atoms with Gasteiger partial charge in [-0.2, -0.15) is 0 Å². The second-order valence-corrected chi connectivity index (χ2v) is 2.94. The average molecular weight is 153 g/mol. The van der Waals surface area contributed by atoms with E-state index in [1.54, 1.807) is 0 Å². The first kappa shape index (κ1) is 6.52. The highest BCUT2D eigenvalue weighted by molar-refractivity contribution is 5.83. The lowest BCUT2D eigenvalue weighted by atomic mass is 10.1. The SMILES string of the molecule is CC1NC(=O)C2CNC=C2N1. The van der Waals surface area contributed by atoms with E-state index in [2.05, 4.69) is 16.0 Å². The van der Waals surface area contributed by atoms with Crippen molar-refractivity contribution in [2.24, 2.45) is 5.92 Å². The molecular formula is C7H11N3O. The lowest BCUT2D eigenvalue weighted by molar-refractivity contribution is -0.125. The molecule has 0 bridgehead atoms. The van der Waals surface area contributed by atoms with Crippen LogP contribution in [-0.2, 0) is 4.79 Å². The third-order valence-corrected chi connectivity index (χ3v) is 2.01. The van der Waals surface area contributed by atoms with E-state index in [0.29, 0.717) is 0 Å². The molecule has 2 atom stereocenters. The van der Waals surface area contributed by atoms with E-state index in [4.69, 9.17) is 0 Å². The first-order valence-corrected chi connectivity index (χ1v) is 3.78. The van der Waals surface area contributed by atoms with Gasteiger partial charge in [0.25, 0.3) is 0 Å². The van der Waals surface area contributed by atoms with Crippen molar-refractivity contribution in [3.63, 3.8) is 0 Å². The summed E-state index contributed by atoms with van der Waals surface area (Å²) in [5, 5.41) is 9.02. The molecule has 11 heavy (non-hydrogen) atoms.